The van der Waals surface area contributed by atoms with E-state index >= 15 is 0 Å². The third-order valence-electron chi connectivity index (χ3n) is 5.93. The number of alkyl halides is 3. The van der Waals surface area contributed by atoms with Gasteiger partial charge in [0.15, 0.2) is 11.2 Å². The van der Waals surface area contributed by atoms with Gasteiger partial charge in [0.2, 0.25) is 5.91 Å². The summed E-state index contributed by atoms with van der Waals surface area (Å²) in [6, 6.07) is 4.14. The number of amides is 1. The van der Waals surface area contributed by atoms with Gasteiger partial charge in [-0.25, -0.2) is 14.3 Å². The van der Waals surface area contributed by atoms with Crippen molar-refractivity contribution in [3.8, 4) is 0 Å². The standard InChI is InChI=1S/C21H22F3N5O3/c1-12(13-7-8-13)29(15-6-4-5-14(9-15)21(22,23)24)16(30)10-28-19(31)17-18(25-11-26(17)2)27(3)20(28)32/h4-6,9,11-13H,7-8,10H2,1-3H3. The number of benzene rings is 1. The maximum atomic E-state index is 13.3. The lowest BCUT2D eigenvalue weighted by Gasteiger charge is -2.30. The van der Waals surface area contributed by atoms with Gasteiger partial charge < -0.3 is 9.47 Å². The maximum Gasteiger partial charge on any atom is 0.416 e. The first-order valence-corrected chi connectivity index (χ1v) is 10.1. The van der Waals surface area contributed by atoms with Crippen LogP contribution in [0.3, 0.4) is 0 Å². The van der Waals surface area contributed by atoms with Crippen LogP contribution in [0.4, 0.5) is 18.9 Å². The maximum absolute atomic E-state index is 13.3. The number of hydrogen-bond acceptors (Lipinski definition) is 4. The molecule has 0 N–H and O–H groups in total. The van der Waals surface area contributed by atoms with Crippen LogP contribution in [0, 0.1) is 5.92 Å². The smallest absolute Gasteiger partial charge is 0.328 e. The Morgan fingerprint density at radius 2 is 1.94 bits per heavy atom. The molecular weight excluding hydrogens is 427 g/mol. The van der Waals surface area contributed by atoms with E-state index in [1.807, 2.05) is 0 Å². The Balaban J connectivity index is 1.78. The number of rotatable bonds is 5. The fraction of sp³-hybridized carbons (Fsp3) is 0.429. The average molecular weight is 449 g/mol. The molecule has 170 valence electrons. The quantitative estimate of drug-likeness (QED) is 0.599. The van der Waals surface area contributed by atoms with Crippen molar-refractivity contribution in [1.29, 1.82) is 0 Å². The second-order valence-electron chi connectivity index (χ2n) is 8.15. The molecule has 0 aliphatic heterocycles. The van der Waals surface area contributed by atoms with Gasteiger partial charge in [-0.15, -0.1) is 0 Å². The molecule has 1 saturated carbocycles. The lowest BCUT2D eigenvalue weighted by atomic mass is 10.1. The number of anilines is 1. The lowest BCUT2D eigenvalue weighted by Crippen LogP contribution is -2.47. The van der Waals surface area contributed by atoms with Gasteiger partial charge in [0.25, 0.3) is 5.56 Å². The highest BCUT2D eigenvalue weighted by Gasteiger charge is 2.37. The molecule has 8 nitrogen and oxygen atoms in total. The molecule has 0 bridgehead atoms. The van der Waals surface area contributed by atoms with Gasteiger partial charge in [0.1, 0.15) is 6.54 Å². The molecule has 1 aliphatic rings. The van der Waals surface area contributed by atoms with Crippen molar-refractivity contribution in [2.75, 3.05) is 4.90 Å². The van der Waals surface area contributed by atoms with Crippen LogP contribution in [0.25, 0.3) is 11.2 Å². The van der Waals surface area contributed by atoms with E-state index in [0.29, 0.717) is 0 Å². The van der Waals surface area contributed by atoms with Crippen LogP contribution in [0.1, 0.15) is 25.3 Å². The summed E-state index contributed by atoms with van der Waals surface area (Å²) in [6.45, 7) is 1.17. The van der Waals surface area contributed by atoms with Crippen LogP contribution < -0.4 is 16.1 Å². The minimum Gasteiger partial charge on any atom is -0.328 e. The number of nitrogens with zero attached hydrogens (tertiary/aromatic N) is 5. The van der Waals surface area contributed by atoms with E-state index in [-0.39, 0.29) is 28.8 Å². The van der Waals surface area contributed by atoms with Crippen LogP contribution in [0.15, 0.2) is 40.2 Å². The molecule has 1 aliphatic carbocycles. The third-order valence-corrected chi connectivity index (χ3v) is 5.93. The summed E-state index contributed by atoms with van der Waals surface area (Å²) in [5, 5.41) is 0. The Morgan fingerprint density at radius 1 is 1.25 bits per heavy atom. The van der Waals surface area contributed by atoms with Crippen LogP contribution in [0.5, 0.6) is 0 Å². The van der Waals surface area contributed by atoms with Crippen molar-refractivity contribution < 1.29 is 18.0 Å². The Labute approximate surface area is 180 Å². The first kappa shape index (κ1) is 21.8. The topological polar surface area (TPSA) is 82.1 Å². The number of fused-ring (bicyclic) bond motifs is 1. The van der Waals surface area contributed by atoms with Gasteiger partial charge >= 0.3 is 11.9 Å². The number of imidazole rings is 1. The number of aromatic nitrogens is 4. The number of hydrogen-bond donors (Lipinski definition) is 0. The van der Waals surface area contributed by atoms with E-state index in [9.17, 15) is 27.6 Å². The molecule has 0 saturated heterocycles. The van der Waals surface area contributed by atoms with Crippen molar-refractivity contribution in [2.24, 2.45) is 20.0 Å². The zero-order chi connectivity index (χ0) is 23.4. The molecule has 1 fully saturated rings. The van der Waals surface area contributed by atoms with Gasteiger partial charge in [-0.2, -0.15) is 13.2 Å². The fourth-order valence-electron chi connectivity index (χ4n) is 3.97. The molecular formula is C21H22F3N5O3. The SMILES string of the molecule is CC(C1CC1)N(C(=O)Cn1c(=O)c2c(ncn2C)n(C)c1=O)c1cccc(C(F)(F)F)c1. The van der Waals surface area contributed by atoms with Crippen molar-refractivity contribution in [3.63, 3.8) is 0 Å². The van der Waals surface area contributed by atoms with Gasteiger partial charge in [-0.3, -0.25) is 14.2 Å². The lowest BCUT2D eigenvalue weighted by molar-refractivity contribution is -0.137. The molecule has 2 heterocycles. The summed E-state index contributed by atoms with van der Waals surface area (Å²) in [5.41, 5.74) is -1.86. The van der Waals surface area contributed by atoms with Crippen molar-refractivity contribution >= 4 is 22.8 Å². The first-order valence-electron chi connectivity index (χ1n) is 10.1. The van der Waals surface area contributed by atoms with Gasteiger partial charge in [-0.1, -0.05) is 6.07 Å². The number of carbonyl (C=O) groups excluding carboxylic acids is 1. The minimum absolute atomic E-state index is 0.0794. The molecule has 11 heteroatoms. The van der Waals surface area contributed by atoms with Gasteiger partial charge in [-0.05, 0) is 43.9 Å². The highest BCUT2D eigenvalue weighted by atomic mass is 19.4. The highest BCUT2D eigenvalue weighted by Crippen LogP contribution is 2.38. The highest BCUT2D eigenvalue weighted by molar-refractivity contribution is 5.94. The molecule has 1 unspecified atom stereocenters. The summed E-state index contributed by atoms with van der Waals surface area (Å²) in [4.78, 5) is 44.4. The zero-order valence-corrected chi connectivity index (χ0v) is 17.8. The monoisotopic (exact) mass is 449 g/mol. The fourth-order valence-corrected chi connectivity index (χ4v) is 3.97. The van der Waals surface area contributed by atoms with Crippen LogP contribution in [-0.2, 0) is 31.6 Å². The summed E-state index contributed by atoms with van der Waals surface area (Å²) in [7, 11) is 3.03. The van der Waals surface area contributed by atoms with Crippen molar-refractivity contribution in [1.82, 2.24) is 18.7 Å². The summed E-state index contributed by atoms with van der Waals surface area (Å²) >= 11 is 0. The van der Waals surface area contributed by atoms with E-state index in [1.165, 1.54) is 39.5 Å². The van der Waals surface area contributed by atoms with Crippen molar-refractivity contribution in [2.45, 2.75) is 38.5 Å². The Morgan fingerprint density at radius 3 is 2.56 bits per heavy atom. The summed E-state index contributed by atoms with van der Waals surface area (Å²) in [5.74, 6) is -0.489. The molecule has 1 amide bonds. The molecule has 0 radical (unpaired) electrons. The van der Waals surface area contributed by atoms with E-state index in [1.54, 1.807) is 14.0 Å². The predicted molar refractivity (Wildman–Crippen MR) is 111 cm³/mol. The number of carbonyl (C=O) groups is 1. The van der Waals surface area contributed by atoms with Gasteiger partial charge in [0.05, 0.1) is 11.9 Å². The molecule has 2 aromatic heterocycles. The zero-order valence-electron chi connectivity index (χ0n) is 17.8. The second-order valence-corrected chi connectivity index (χ2v) is 8.15. The molecule has 3 aromatic rings. The van der Waals surface area contributed by atoms with E-state index in [2.05, 4.69) is 4.98 Å². The first-order chi connectivity index (χ1) is 15.0. The molecule has 0 spiro atoms. The van der Waals surface area contributed by atoms with Crippen LogP contribution >= 0.6 is 0 Å². The predicted octanol–water partition coefficient (Wildman–Crippen LogP) is 2.28. The summed E-state index contributed by atoms with van der Waals surface area (Å²) in [6.07, 6.45) is -1.47. The van der Waals surface area contributed by atoms with Gasteiger partial charge in [0, 0.05) is 25.8 Å². The van der Waals surface area contributed by atoms with E-state index in [4.69, 9.17) is 0 Å². The van der Waals surface area contributed by atoms with Crippen molar-refractivity contribution in [3.05, 3.63) is 57.0 Å². The minimum atomic E-state index is -4.56. The number of aryl methyl sites for hydroxylation is 2. The van der Waals surface area contributed by atoms with E-state index in [0.717, 1.165) is 29.5 Å². The molecule has 1 aromatic carbocycles. The second kappa shape index (κ2) is 7.64. The van der Waals surface area contributed by atoms with E-state index < -0.39 is 35.4 Å². The van der Waals surface area contributed by atoms with Crippen LogP contribution in [-0.4, -0.2) is 30.6 Å². The number of halogens is 3. The molecule has 4 rings (SSSR count). The Hall–Kier alpha value is -3.37. The van der Waals surface area contributed by atoms with Crippen LogP contribution in [0.2, 0.25) is 0 Å². The largest absolute Gasteiger partial charge is 0.416 e. The third kappa shape index (κ3) is 3.71. The summed E-state index contributed by atoms with van der Waals surface area (Å²) < 4.78 is 43.2. The Kier molecular flexibility index (Phi) is 5.22. The average Bonchev–Trinajstić information content (AvgIpc) is 3.51. The molecule has 32 heavy (non-hydrogen) atoms. The normalized spacial score (nSPS) is 15.2. The Bertz CT molecular complexity index is 1320. The molecule has 1 atom stereocenters.